The Labute approximate surface area is 199 Å². The number of aromatic nitrogens is 2. The smallest absolute Gasteiger partial charge is 0.346 e. The summed E-state index contributed by atoms with van der Waals surface area (Å²) in [5, 5.41) is 5.20. The highest BCUT2D eigenvalue weighted by molar-refractivity contribution is 9.10. The summed E-state index contributed by atoms with van der Waals surface area (Å²) in [6.07, 6.45) is 3.24. The monoisotopic (exact) mass is 519 g/mol. The maximum absolute atomic E-state index is 13.1. The van der Waals surface area contributed by atoms with E-state index in [9.17, 15) is 9.59 Å². The van der Waals surface area contributed by atoms with Crippen molar-refractivity contribution in [3.63, 3.8) is 0 Å². The van der Waals surface area contributed by atoms with Gasteiger partial charge in [-0.1, -0.05) is 40.9 Å². The lowest BCUT2D eigenvalue weighted by molar-refractivity contribution is -0.147. The van der Waals surface area contributed by atoms with E-state index in [0.717, 1.165) is 17.3 Å². The van der Waals surface area contributed by atoms with Crippen LogP contribution < -0.4 is 10.3 Å². The minimum absolute atomic E-state index is 0.239. The SMILES string of the molecule is CCCCc1nc2ccc(Br)cc2c(=O)n1N=Cc1ccc(O[C@@H](C)C(=O)OC)c(Cl)c1. The maximum atomic E-state index is 13.1. The van der Waals surface area contributed by atoms with E-state index in [-0.39, 0.29) is 5.56 Å². The summed E-state index contributed by atoms with van der Waals surface area (Å²) >= 11 is 9.71. The Morgan fingerprint density at radius 3 is 2.78 bits per heavy atom. The van der Waals surface area contributed by atoms with Gasteiger partial charge in [-0.15, -0.1) is 0 Å². The van der Waals surface area contributed by atoms with Gasteiger partial charge in [0.2, 0.25) is 0 Å². The molecule has 0 aliphatic rings. The van der Waals surface area contributed by atoms with Crippen molar-refractivity contribution in [2.45, 2.75) is 39.2 Å². The molecule has 1 atom stereocenters. The van der Waals surface area contributed by atoms with Crippen molar-refractivity contribution in [3.05, 3.63) is 67.6 Å². The third kappa shape index (κ3) is 5.55. The first-order valence-electron chi connectivity index (χ1n) is 10.1. The van der Waals surface area contributed by atoms with Crippen LogP contribution in [0.25, 0.3) is 10.9 Å². The molecule has 3 rings (SSSR count). The van der Waals surface area contributed by atoms with Crippen LogP contribution in [-0.4, -0.2) is 35.1 Å². The molecule has 0 spiro atoms. The van der Waals surface area contributed by atoms with Crippen molar-refractivity contribution in [3.8, 4) is 5.75 Å². The number of rotatable bonds is 8. The number of carbonyl (C=O) groups is 1. The number of methoxy groups -OCH3 is 1. The van der Waals surface area contributed by atoms with Crippen LogP contribution in [-0.2, 0) is 16.0 Å². The van der Waals surface area contributed by atoms with Gasteiger partial charge in [0.15, 0.2) is 6.10 Å². The van der Waals surface area contributed by atoms with Crippen molar-refractivity contribution < 1.29 is 14.3 Å². The predicted octanol–water partition coefficient (Wildman–Crippen LogP) is 4.98. The van der Waals surface area contributed by atoms with E-state index in [1.165, 1.54) is 11.8 Å². The first kappa shape index (κ1) is 23.9. The Bertz CT molecular complexity index is 1230. The molecule has 0 saturated carbocycles. The van der Waals surface area contributed by atoms with Gasteiger partial charge in [-0.05, 0) is 55.3 Å². The van der Waals surface area contributed by atoms with Crippen LogP contribution in [0.4, 0.5) is 0 Å². The van der Waals surface area contributed by atoms with Gasteiger partial charge in [0.05, 0.1) is 29.2 Å². The zero-order chi connectivity index (χ0) is 23.3. The molecule has 2 aromatic carbocycles. The van der Waals surface area contributed by atoms with Gasteiger partial charge in [0, 0.05) is 10.9 Å². The number of ether oxygens (including phenoxy) is 2. The molecule has 0 amide bonds. The summed E-state index contributed by atoms with van der Waals surface area (Å²) in [5.41, 5.74) is 1.06. The third-order valence-electron chi connectivity index (χ3n) is 4.74. The van der Waals surface area contributed by atoms with E-state index in [1.807, 2.05) is 12.1 Å². The quantitative estimate of drug-likeness (QED) is 0.309. The number of carbonyl (C=O) groups excluding carboxylic acids is 1. The molecule has 0 aliphatic heterocycles. The molecule has 3 aromatic rings. The molecule has 9 heteroatoms. The average molecular weight is 521 g/mol. The highest BCUT2D eigenvalue weighted by atomic mass is 79.9. The van der Waals surface area contributed by atoms with Crippen molar-refractivity contribution in [1.29, 1.82) is 0 Å². The van der Waals surface area contributed by atoms with Gasteiger partial charge in [0.1, 0.15) is 11.6 Å². The Morgan fingerprint density at radius 2 is 2.09 bits per heavy atom. The van der Waals surface area contributed by atoms with Gasteiger partial charge in [-0.3, -0.25) is 4.79 Å². The first-order chi connectivity index (χ1) is 15.3. The van der Waals surface area contributed by atoms with E-state index in [2.05, 4.69) is 37.7 Å². The predicted molar refractivity (Wildman–Crippen MR) is 129 cm³/mol. The molecule has 7 nitrogen and oxygen atoms in total. The van der Waals surface area contributed by atoms with E-state index in [0.29, 0.717) is 39.5 Å². The first-order valence-corrected chi connectivity index (χ1v) is 11.3. The number of unbranched alkanes of at least 4 members (excludes halogenated alkanes) is 1. The van der Waals surface area contributed by atoms with Crippen LogP contribution in [0.2, 0.25) is 5.02 Å². The van der Waals surface area contributed by atoms with Gasteiger partial charge < -0.3 is 9.47 Å². The number of aryl methyl sites for hydroxylation is 1. The molecule has 0 aliphatic carbocycles. The number of nitrogens with zero attached hydrogens (tertiary/aromatic N) is 3. The topological polar surface area (TPSA) is 82.8 Å². The molecular formula is C23H23BrClN3O4. The minimum Gasteiger partial charge on any atom is -0.477 e. The number of benzene rings is 2. The van der Waals surface area contributed by atoms with Crippen LogP contribution in [0.15, 0.2) is 50.8 Å². The minimum atomic E-state index is -0.792. The maximum Gasteiger partial charge on any atom is 0.346 e. The Hall–Kier alpha value is -2.71. The summed E-state index contributed by atoms with van der Waals surface area (Å²) in [6, 6.07) is 10.4. The summed E-state index contributed by atoms with van der Waals surface area (Å²) in [5.74, 6) is 0.446. The summed E-state index contributed by atoms with van der Waals surface area (Å²) < 4.78 is 12.3. The van der Waals surface area contributed by atoms with E-state index in [4.69, 9.17) is 16.3 Å². The Kier molecular flexibility index (Phi) is 8.04. The van der Waals surface area contributed by atoms with Crippen LogP contribution in [0, 0.1) is 0 Å². The van der Waals surface area contributed by atoms with Crippen LogP contribution in [0.3, 0.4) is 0 Å². The van der Waals surface area contributed by atoms with Crippen LogP contribution in [0.1, 0.15) is 38.1 Å². The molecular weight excluding hydrogens is 498 g/mol. The van der Waals surface area contributed by atoms with Crippen molar-refractivity contribution in [1.82, 2.24) is 9.66 Å². The van der Waals surface area contributed by atoms with Crippen LogP contribution in [0.5, 0.6) is 5.75 Å². The van der Waals surface area contributed by atoms with E-state index < -0.39 is 12.1 Å². The molecule has 168 valence electrons. The second kappa shape index (κ2) is 10.7. The fraction of sp³-hybridized carbons (Fsp3) is 0.304. The highest BCUT2D eigenvalue weighted by Gasteiger charge is 2.16. The van der Waals surface area contributed by atoms with Crippen molar-refractivity contribution in [2.24, 2.45) is 5.10 Å². The Morgan fingerprint density at radius 1 is 1.31 bits per heavy atom. The second-order valence-electron chi connectivity index (χ2n) is 7.13. The molecule has 0 saturated heterocycles. The molecule has 32 heavy (non-hydrogen) atoms. The Balaban J connectivity index is 1.95. The number of hydrogen-bond acceptors (Lipinski definition) is 6. The number of esters is 1. The normalized spacial score (nSPS) is 12.3. The molecule has 0 radical (unpaired) electrons. The number of hydrogen-bond donors (Lipinski definition) is 0. The lowest BCUT2D eigenvalue weighted by atomic mass is 10.2. The number of halogens is 2. The van der Waals surface area contributed by atoms with Crippen molar-refractivity contribution >= 4 is 50.6 Å². The van der Waals surface area contributed by atoms with Gasteiger partial charge in [-0.2, -0.15) is 9.78 Å². The molecule has 0 bridgehead atoms. The second-order valence-corrected chi connectivity index (χ2v) is 8.45. The standard InChI is InChI=1S/C23H23BrClN3O4/c1-4-5-6-21-27-19-9-8-16(24)12-17(19)22(29)28(21)26-13-15-7-10-20(18(25)11-15)32-14(2)23(30)31-3/h7-14H,4-6H2,1-3H3/t14-/m0/s1. The molecule has 0 N–H and O–H groups in total. The lowest BCUT2D eigenvalue weighted by Gasteiger charge is -2.13. The summed E-state index contributed by atoms with van der Waals surface area (Å²) in [6.45, 7) is 3.66. The van der Waals surface area contributed by atoms with Crippen LogP contribution >= 0.6 is 27.5 Å². The average Bonchev–Trinajstić information content (AvgIpc) is 2.78. The van der Waals surface area contributed by atoms with Crippen molar-refractivity contribution in [2.75, 3.05) is 7.11 Å². The van der Waals surface area contributed by atoms with Gasteiger partial charge in [-0.25, -0.2) is 9.78 Å². The molecule has 1 heterocycles. The summed E-state index contributed by atoms with van der Waals surface area (Å²) in [4.78, 5) is 29.3. The fourth-order valence-electron chi connectivity index (χ4n) is 3.03. The lowest BCUT2D eigenvalue weighted by Crippen LogP contribution is -2.25. The largest absolute Gasteiger partial charge is 0.477 e. The molecule has 1 aromatic heterocycles. The van der Waals surface area contributed by atoms with E-state index in [1.54, 1.807) is 37.4 Å². The molecule has 0 unspecified atom stereocenters. The zero-order valence-corrected chi connectivity index (χ0v) is 20.3. The van der Waals surface area contributed by atoms with Gasteiger partial charge >= 0.3 is 5.97 Å². The fourth-order valence-corrected chi connectivity index (χ4v) is 3.63. The zero-order valence-electron chi connectivity index (χ0n) is 18.0. The number of fused-ring (bicyclic) bond motifs is 1. The summed E-state index contributed by atoms with van der Waals surface area (Å²) in [7, 11) is 1.29. The highest BCUT2D eigenvalue weighted by Crippen LogP contribution is 2.26. The van der Waals surface area contributed by atoms with E-state index >= 15 is 0 Å². The van der Waals surface area contributed by atoms with Gasteiger partial charge in [0.25, 0.3) is 5.56 Å². The third-order valence-corrected chi connectivity index (χ3v) is 5.53. The molecule has 0 fully saturated rings.